The molecule has 1 aromatic heterocycles. The van der Waals surface area contributed by atoms with Gasteiger partial charge in [-0.15, -0.1) is 0 Å². The van der Waals surface area contributed by atoms with Gasteiger partial charge in [0, 0.05) is 32.4 Å². The Morgan fingerprint density at radius 3 is 3.00 bits per heavy atom. The average Bonchev–Trinajstić information content (AvgIpc) is 2.23. The van der Waals surface area contributed by atoms with Gasteiger partial charge in [-0.1, -0.05) is 0 Å². The van der Waals surface area contributed by atoms with E-state index in [1.165, 1.54) is 4.57 Å². The molecule has 0 bridgehead atoms. The minimum atomic E-state index is -0.297. The van der Waals surface area contributed by atoms with Gasteiger partial charge in [-0.2, -0.15) is 0 Å². The molecule has 0 atom stereocenters. The van der Waals surface area contributed by atoms with E-state index in [1.54, 1.807) is 19.4 Å². The number of hydrogen-bond acceptors (Lipinski definition) is 4. The van der Waals surface area contributed by atoms with Gasteiger partial charge in [-0.05, 0) is 12.8 Å². The predicted octanol–water partition coefficient (Wildman–Crippen LogP) is -0.152. The highest BCUT2D eigenvalue weighted by molar-refractivity contribution is 5.73. The molecule has 0 spiro atoms. The molecule has 6 heteroatoms. The first-order valence-corrected chi connectivity index (χ1v) is 5.15. The summed E-state index contributed by atoms with van der Waals surface area (Å²) in [5.74, 6) is 0.0397. The molecule has 0 aliphatic carbocycles. The summed E-state index contributed by atoms with van der Waals surface area (Å²) in [4.78, 5) is 25.9. The van der Waals surface area contributed by atoms with Gasteiger partial charge >= 0.3 is 0 Å². The number of hydrogen-bond donors (Lipinski definition) is 2. The van der Waals surface area contributed by atoms with Gasteiger partial charge in [0.05, 0.1) is 0 Å². The topological polar surface area (TPSA) is 90.0 Å². The second-order valence-electron chi connectivity index (χ2n) is 3.54. The van der Waals surface area contributed by atoms with Crippen molar-refractivity contribution in [3.05, 3.63) is 22.7 Å². The fourth-order valence-electron chi connectivity index (χ4n) is 1.25. The largest absolute Gasteiger partial charge is 0.370 e. The minimum absolute atomic E-state index is 0.155. The first-order chi connectivity index (χ1) is 7.61. The maximum atomic E-state index is 11.5. The Morgan fingerprint density at radius 2 is 2.31 bits per heavy atom. The van der Waals surface area contributed by atoms with Crippen LogP contribution >= 0.6 is 0 Å². The van der Waals surface area contributed by atoms with Crippen molar-refractivity contribution in [2.24, 2.45) is 12.8 Å². The Morgan fingerprint density at radius 1 is 1.56 bits per heavy atom. The molecule has 0 saturated heterocycles. The van der Waals surface area contributed by atoms with E-state index in [-0.39, 0.29) is 11.5 Å². The summed E-state index contributed by atoms with van der Waals surface area (Å²) in [7, 11) is 1.67. The number of unbranched alkanes of at least 4 members (excludes halogenated alkanes) is 1. The number of aryl methyl sites for hydroxylation is 1. The van der Waals surface area contributed by atoms with Crippen molar-refractivity contribution in [1.29, 1.82) is 0 Å². The van der Waals surface area contributed by atoms with Crippen LogP contribution in [0.25, 0.3) is 0 Å². The van der Waals surface area contributed by atoms with Crippen molar-refractivity contribution in [3.8, 4) is 0 Å². The lowest BCUT2D eigenvalue weighted by Gasteiger charge is -2.05. The number of carbonyl (C=O) groups excluding carboxylic acids is 1. The average molecular weight is 224 g/mol. The lowest BCUT2D eigenvalue weighted by molar-refractivity contribution is -0.118. The summed E-state index contributed by atoms with van der Waals surface area (Å²) in [6.45, 7) is 0.611. The molecule has 16 heavy (non-hydrogen) atoms. The van der Waals surface area contributed by atoms with E-state index < -0.39 is 0 Å². The third-order valence-electron chi connectivity index (χ3n) is 2.16. The zero-order valence-corrected chi connectivity index (χ0v) is 9.27. The summed E-state index contributed by atoms with van der Waals surface area (Å²) in [6.07, 6.45) is 5.04. The van der Waals surface area contributed by atoms with Crippen molar-refractivity contribution in [2.45, 2.75) is 19.3 Å². The second-order valence-corrected chi connectivity index (χ2v) is 3.54. The van der Waals surface area contributed by atoms with Crippen LogP contribution in [0.3, 0.4) is 0 Å². The molecule has 1 heterocycles. The second kappa shape index (κ2) is 5.89. The number of primary amides is 1. The standard InChI is InChI=1S/C10H16N4O2/c1-14-7-6-13-9(10(14)16)12-5-3-2-4-8(11)15/h6-7H,2-5H2,1H3,(H2,11,15)(H,12,13). The number of anilines is 1. The SMILES string of the molecule is Cn1ccnc(NCCCCC(N)=O)c1=O. The number of amides is 1. The van der Waals surface area contributed by atoms with Crippen LogP contribution in [0, 0.1) is 0 Å². The monoisotopic (exact) mass is 224 g/mol. The molecule has 3 N–H and O–H groups in total. The van der Waals surface area contributed by atoms with Crippen LogP contribution in [-0.2, 0) is 11.8 Å². The Kier molecular flexibility index (Phi) is 4.50. The molecule has 0 radical (unpaired) electrons. The van der Waals surface area contributed by atoms with Crippen LogP contribution in [0.15, 0.2) is 17.2 Å². The van der Waals surface area contributed by atoms with Gasteiger partial charge in [-0.25, -0.2) is 4.98 Å². The minimum Gasteiger partial charge on any atom is -0.370 e. The zero-order chi connectivity index (χ0) is 12.0. The number of nitrogens with zero attached hydrogens (tertiary/aromatic N) is 2. The Bertz CT molecular complexity index is 414. The Balaban J connectivity index is 2.35. The fraction of sp³-hybridized carbons (Fsp3) is 0.500. The highest BCUT2D eigenvalue weighted by Gasteiger charge is 2.01. The highest BCUT2D eigenvalue weighted by Crippen LogP contribution is 1.96. The lowest BCUT2D eigenvalue weighted by Crippen LogP contribution is -2.22. The molecule has 1 amide bonds. The van der Waals surface area contributed by atoms with E-state index in [1.807, 2.05) is 0 Å². The van der Waals surface area contributed by atoms with Crippen LogP contribution in [0.5, 0.6) is 0 Å². The van der Waals surface area contributed by atoms with Crippen LogP contribution in [-0.4, -0.2) is 22.0 Å². The molecule has 0 aliphatic rings. The molecular weight excluding hydrogens is 208 g/mol. The van der Waals surface area contributed by atoms with E-state index in [9.17, 15) is 9.59 Å². The van der Waals surface area contributed by atoms with Crippen LogP contribution in [0.4, 0.5) is 5.82 Å². The number of aromatic nitrogens is 2. The predicted molar refractivity (Wildman–Crippen MR) is 61.0 cm³/mol. The van der Waals surface area contributed by atoms with Gasteiger partial charge in [-0.3, -0.25) is 9.59 Å². The molecule has 0 unspecified atom stereocenters. The molecular formula is C10H16N4O2. The van der Waals surface area contributed by atoms with Gasteiger partial charge in [0.15, 0.2) is 5.82 Å². The normalized spacial score (nSPS) is 10.1. The van der Waals surface area contributed by atoms with Crippen LogP contribution in [0.1, 0.15) is 19.3 Å². The quantitative estimate of drug-likeness (QED) is 0.657. The molecule has 1 rings (SSSR count). The first-order valence-electron chi connectivity index (χ1n) is 5.15. The lowest BCUT2D eigenvalue weighted by atomic mass is 10.2. The van der Waals surface area contributed by atoms with Gasteiger partial charge < -0.3 is 15.6 Å². The Hall–Kier alpha value is -1.85. The van der Waals surface area contributed by atoms with Crippen molar-refractivity contribution >= 4 is 11.7 Å². The number of nitrogens with two attached hydrogens (primary N) is 1. The van der Waals surface area contributed by atoms with E-state index in [4.69, 9.17) is 5.73 Å². The summed E-state index contributed by atoms with van der Waals surface area (Å²) in [5.41, 5.74) is 4.85. The van der Waals surface area contributed by atoms with Crippen molar-refractivity contribution in [2.75, 3.05) is 11.9 Å². The van der Waals surface area contributed by atoms with Gasteiger partial charge in [0.25, 0.3) is 5.56 Å². The van der Waals surface area contributed by atoms with Crippen molar-refractivity contribution in [3.63, 3.8) is 0 Å². The summed E-state index contributed by atoms with van der Waals surface area (Å²) in [5, 5.41) is 2.93. The highest BCUT2D eigenvalue weighted by atomic mass is 16.1. The van der Waals surface area contributed by atoms with Gasteiger partial charge in [0.2, 0.25) is 5.91 Å². The third kappa shape index (κ3) is 3.72. The molecule has 6 nitrogen and oxygen atoms in total. The molecule has 0 aliphatic heterocycles. The van der Waals surface area contributed by atoms with Gasteiger partial charge in [0.1, 0.15) is 0 Å². The van der Waals surface area contributed by atoms with E-state index in [0.717, 1.165) is 12.8 Å². The van der Waals surface area contributed by atoms with Crippen molar-refractivity contribution in [1.82, 2.24) is 9.55 Å². The van der Waals surface area contributed by atoms with Crippen LogP contribution in [0.2, 0.25) is 0 Å². The number of carbonyl (C=O) groups is 1. The van der Waals surface area contributed by atoms with Crippen LogP contribution < -0.4 is 16.6 Å². The summed E-state index contributed by atoms with van der Waals surface area (Å²) in [6, 6.07) is 0. The molecule has 0 aromatic carbocycles. The van der Waals surface area contributed by atoms with E-state index in [2.05, 4.69) is 10.3 Å². The maximum absolute atomic E-state index is 11.5. The smallest absolute Gasteiger partial charge is 0.293 e. The first kappa shape index (κ1) is 12.2. The summed E-state index contributed by atoms with van der Waals surface area (Å²) >= 11 is 0. The zero-order valence-electron chi connectivity index (χ0n) is 9.27. The molecule has 1 aromatic rings. The summed E-state index contributed by atoms with van der Waals surface area (Å²) < 4.78 is 1.46. The molecule has 0 fully saturated rings. The van der Waals surface area contributed by atoms with Crippen molar-refractivity contribution < 1.29 is 4.79 Å². The van der Waals surface area contributed by atoms with E-state index in [0.29, 0.717) is 18.8 Å². The molecule has 0 saturated carbocycles. The Labute approximate surface area is 93.5 Å². The fourth-order valence-corrected chi connectivity index (χ4v) is 1.25. The maximum Gasteiger partial charge on any atom is 0.293 e. The van der Waals surface area contributed by atoms with E-state index >= 15 is 0 Å². The third-order valence-corrected chi connectivity index (χ3v) is 2.16. The number of rotatable bonds is 6. The molecule has 88 valence electrons. The number of nitrogens with one attached hydrogen (secondary N) is 1.